The zero-order valence-corrected chi connectivity index (χ0v) is 13.8. The topological polar surface area (TPSA) is 35.6 Å². The molecule has 7 heteroatoms. The minimum absolute atomic E-state index is 0.110. The summed E-state index contributed by atoms with van der Waals surface area (Å²) in [5.74, 6) is 5.07. The van der Waals surface area contributed by atoms with E-state index in [4.69, 9.17) is 0 Å². The molecule has 1 N–H and O–H groups in total. The molecule has 1 aromatic rings. The molecule has 126 valence electrons. The summed E-state index contributed by atoms with van der Waals surface area (Å²) >= 11 is 1.37. The Morgan fingerprint density at radius 2 is 2.33 bits per heavy atom. The molecule has 4 heterocycles. The Labute approximate surface area is 143 Å². The number of carbonyl (C=O) groups is 1. The first-order valence-electron chi connectivity index (χ1n) is 8.00. The van der Waals surface area contributed by atoms with E-state index in [0.29, 0.717) is 17.3 Å². The lowest BCUT2D eigenvalue weighted by molar-refractivity contribution is 0.180. The molecule has 0 aromatic carbocycles. The van der Waals surface area contributed by atoms with Gasteiger partial charge in [-0.25, -0.2) is 4.79 Å². The highest BCUT2D eigenvalue weighted by molar-refractivity contribution is 7.13. The predicted octanol–water partition coefficient (Wildman–Crippen LogP) is 2.91. The Balaban J connectivity index is 1.41. The molecule has 3 aliphatic rings. The molecule has 3 atom stereocenters. The Morgan fingerprint density at radius 3 is 3.04 bits per heavy atom. The highest BCUT2D eigenvalue weighted by Gasteiger charge is 2.38. The fraction of sp³-hybridized carbons (Fsp3) is 0.471. The van der Waals surface area contributed by atoms with Crippen LogP contribution >= 0.6 is 11.3 Å². The van der Waals surface area contributed by atoms with Gasteiger partial charge in [0.25, 0.3) is 6.43 Å². The number of urea groups is 1. The highest BCUT2D eigenvalue weighted by atomic mass is 32.1. The molecule has 24 heavy (non-hydrogen) atoms. The van der Waals surface area contributed by atoms with Gasteiger partial charge in [0.2, 0.25) is 0 Å². The molecular weight excluding hydrogens is 332 g/mol. The van der Waals surface area contributed by atoms with Crippen LogP contribution in [0, 0.1) is 17.8 Å². The normalized spacial score (nSPS) is 27.1. The number of amides is 2. The minimum atomic E-state index is -2.63. The van der Waals surface area contributed by atoms with Gasteiger partial charge in [-0.3, -0.25) is 9.80 Å². The molecule has 4 rings (SSSR count). The van der Waals surface area contributed by atoms with Gasteiger partial charge in [-0.05, 0) is 42.4 Å². The quantitative estimate of drug-likeness (QED) is 0.792. The van der Waals surface area contributed by atoms with Gasteiger partial charge in [0.15, 0.2) is 0 Å². The Hall–Kier alpha value is -1.91. The van der Waals surface area contributed by atoms with Gasteiger partial charge >= 0.3 is 6.03 Å². The van der Waals surface area contributed by atoms with Crippen molar-refractivity contribution < 1.29 is 13.6 Å². The minimum Gasteiger partial charge on any atom is -0.322 e. The van der Waals surface area contributed by atoms with Crippen LogP contribution in [-0.2, 0) is 6.54 Å². The van der Waals surface area contributed by atoms with E-state index in [2.05, 4.69) is 16.1 Å². The molecule has 1 aromatic heterocycles. The molecule has 0 spiro atoms. The van der Waals surface area contributed by atoms with E-state index in [-0.39, 0.29) is 12.2 Å². The van der Waals surface area contributed by atoms with Crippen molar-refractivity contribution in [1.82, 2.24) is 15.1 Å². The zero-order chi connectivity index (χ0) is 16.7. The maximum Gasteiger partial charge on any atom is 0.322 e. The van der Waals surface area contributed by atoms with Crippen LogP contribution < -0.4 is 5.32 Å². The van der Waals surface area contributed by atoms with Crippen molar-refractivity contribution in [3.8, 4) is 11.8 Å². The van der Waals surface area contributed by atoms with Crippen molar-refractivity contribution in [2.45, 2.75) is 32.0 Å². The second-order valence-electron chi connectivity index (χ2n) is 6.36. The maximum absolute atomic E-state index is 12.5. The van der Waals surface area contributed by atoms with E-state index in [1.807, 2.05) is 12.0 Å². The van der Waals surface area contributed by atoms with Crippen molar-refractivity contribution in [2.75, 3.05) is 13.1 Å². The van der Waals surface area contributed by atoms with Crippen LogP contribution in [0.1, 0.15) is 28.2 Å². The number of thiophene rings is 1. The van der Waals surface area contributed by atoms with Crippen molar-refractivity contribution >= 4 is 23.4 Å². The van der Waals surface area contributed by atoms with Crippen LogP contribution in [0.15, 0.2) is 12.3 Å². The number of halogens is 2. The van der Waals surface area contributed by atoms with Crippen LogP contribution in [0.3, 0.4) is 0 Å². The third kappa shape index (κ3) is 3.04. The van der Waals surface area contributed by atoms with E-state index >= 15 is 0 Å². The lowest BCUT2D eigenvalue weighted by atomic mass is 10.0. The van der Waals surface area contributed by atoms with E-state index < -0.39 is 6.43 Å². The lowest BCUT2D eigenvalue weighted by Gasteiger charge is -2.29. The molecule has 0 aliphatic carbocycles. The standard InChI is InChI=1S/C17H17F2N3OS/c18-15(19)2-1-13-8-12-10-22(6-4-14(12)24-13)17(23)20-16-7-11-3-5-21(16)9-11/h4,6,8,11,15-16H,3,5,7,9-10H2,(H,20,23). The van der Waals surface area contributed by atoms with Gasteiger partial charge in [-0.1, -0.05) is 5.92 Å². The van der Waals surface area contributed by atoms with Gasteiger partial charge < -0.3 is 5.32 Å². The number of rotatable bonds is 1. The number of carbonyl (C=O) groups excluding carboxylic acids is 1. The number of piperidine rings is 1. The molecule has 0 radical (unpaired) electrons. The van der Waals surface area contributed by atoms with Crippen molar-refractivity contribution in [1.29, 1.82) is 0 Å². The number of hydrogen-bond acceptors (Lipinski definition) is 3. The smallest absolute Gasteiger partial charge is 0.322 e. The molecular formula is C17H17F2N3OS. The Bertz CT molecular complexity index is 749. The van der Waals surface area contributed by atoms with Crippen LogP contribution in [0.4, 0.5) is 13.6 Å². The first kappa shape index (κ1) is 15.6. The van der Waals surface area contributed by atoms with E-state index in [0.717, 1.165) is 30.0 Å². The monoisotopic (exact) mass is 349 g/mol. The van der Waals surface area contributed by atoms with E-state index in [1.165, 1.54) is 17.8 Å². The van der Waals surface area contributed by atoms with Gasteiger partial charge in [0, 0.05) is 24.2 Å². The summed E-state index contributed by atoms with van der Waals surface area (Å²) in [7, 11) is 0. The summed E-state index contributed by atoms with van der Waals surface area (Å²) in [6, 6.07) is 1.68. The summed E-state index contributed by atoms with van der Waals surface area (Å²) in [5, 5.41) is 3.10. The summed E-state index contributed by atoms with van der Waals surface area (Å²) in [6.07, 6.45) is 3.37. The van der Waals surface area contributed by atoms with Crippen LogP contribution in [0.2, 0.25) is 0 Å². The van der Waals surface area contributed by atoms with Crippen LogP contribution in [0.5, 0.6) is 0 Å². The third-order valence-corrected chi connectivity index (χ3v) is 5.82. The molecule has 2 fully saturated rings. The number of fused-ring (bicyclic) bond motifs is 3. The Morgan fingerprint density at radius 1 is 1.46 bits per heavy atom. The predicted molar refractivity (Wildman–Crippen MR) is 88.4 cm³/mol. The van der Waals surface area contributed by atoms with E-state index in [1.54, 1.807) is 17.2 Å². The van der Waals surface area contributed by atoms with Crippen molar-refractivity contribution in [3.05, 3.63) is 27.6 Å². The van der Waals surface area contributed by atoms with E-state index in [9.17, 15) is 13.6 Å². The third-order valence-electron chi connectivity index (χ3n) is 4.76. The average Bonchev–Trinajstić information content (AvgIpc) is 3.26. The fourth-order valence-electron chi connectivity index (χ4n) is 3.61. The maximum atomic E-state index is 12.5. The first-order valence-corrected chi connectivity index (χ1v) is 8.82. The largest absolute Gasteiger partial charge is 0.322 e. The second kappa shape index (κ2) is 6.19. The summed E-state index contributed by atoms with van der Waals surface area (Å²) in [5.41, 5.74) is 0.949. The summed E-state index contributed by atoms with van der Waals surface area (Å²) in [4.78, 5) is 18.0. The molecule has 3 aliphatic heterocycles. The summed E-state index contributed by atoms with van der Waals surface area (Å²) in [6.45, 7) is 2.59. The van der Waals surface area contributed by atoms with Gasteiger partial charge in [-0.2, -0.15) is 8.78 Å². The number of hydrogen-bond donors (Lipinski definition) is 1. The highest BCUT2D eigenvalue weighted by Crippen LogP contribution is 2.32. The fourth-order valence-corrected chi connectivity index (χ4v) is 4.54. The zero-order valence-electron chi connectivity index (χ0n) is 13.0. The lowest BCUT2D eigenvalue weighted by Crippen LogP contribution is -2.49. The van der Waals surface area contributed by atoms with Crippen LogP contribution in [-0.4, -0.2) is 41.5 Å². The van der Waals surface area contributed by atoms with Gasteiger partial charge in [0.1, 0.15) is 0 Å². The molecule has 2 bridgehead atoms. The van der Waals surface area contributed by atoms with Gasteiger partial charge in [0.05, 0.1) is 17.6 Å². The summed E-state index contributed by atoms with van der Waals surface area (Å²) < 4.78 is 24.4. The average molecular weight is 349 g/mol. The van der Waals surface area contributed by atoms with Crippen molar-refractivity contribution in [3.63, 3.8) is 0 Å². The Kier molecular flexibility index (Phi) is 4.02. The second-order valence-corrected chi connectivity index (χ2v) is 7.45. The number of alkyl halides is 2. The number of nitrogens with zero attached hydrogens (tertiary/aromatic N) is 2. The molecule has 0 saturated carbocycles. The van der Waals surface area contributed by atoms with Crippen LogP contribution in [0.25, 0.3) is 6.08 Å². The molecule has 4 nitrogen and oxygen atoms in total. The number of nitrogens with one attached hydrogen (secondary N) is 1. The molecule has 2 amide bonds. The van der Waals surface area contributed by atoms with Gasteiger partial charge in [-0.15, -0.1) is 11.3 Å². The molecule has 2 saturated heterocycles. The SMILES string of the molecule is O=C(NC1CC2CCN1C2)N1C=Cc2sc(C#CC(F)F)cc2C1. The first-order chi connectivity index (χ1) is 11.6. The molecule has 3 unspecified atom stereocenters. The van der Waals surface area contributed by atoms with Crippen molar-refractivity contribution in [2.24, 2.45) is 5.92 Å².